The molecular formula is C13H21N3. The first kappa shape index (κ1) is 12.8. The Morgan fingerprint density at radius 3 is 3.06 bits per heavy atom. The third kappa shape index (κ3) is 4.53. The maximum absolute atomic E-state index is 4.31. The van der Waals surface area contributed by atoms with E-state index >= 15 is 0 Å². The smallest absolute Gasteiger partial charge is 0.115 e. The minimum absolute atomic E-state index is 0.350. The fraction of sp³-hybridized carbons (Fsp3) is 0.538. The van der Waals surface area contributed by atoms with Crippen LogP contribution in [0.15, 0.2) is 31.2 Å². The van der Waals surface area contributed by atoms with Gasteiger partial charge in [0.25, 0.3) is 0 Å². The van der Waals surface area contributed by atoms with Crippen LogP contribution in [0, 0.1) is 0 Å². The minimum atomic E-state index is 0.350. The average Bonchev–Trinajstić information content (AvgIpc) is 2.35. The third-order valence-electron chi connectivity index (χ3n) is 2.50. The number of rotatable bonds is 8. The van der Waals surface area contributed by atoms with Gasteiger partial charge in [-0.3, -0.25) is 0 Å². The van der Waals surface area contributed by atoms with Gasteiger partial charge in [0.15, 0.2) is 0 Å². The Labute approximate surface area is 98.0 Å². The second-order valence-electron chi connectivity index (χ2n) is 3.86. The van der Waals surface area contributed by atoms with E-state index in [1.54, 1.807) is 12.5 Å². The van der Waals surface area contributed by atoms with Gasteiger partial charge in [0.05, 0.1) is 5.69 Å². The van der Waals surface area contributed by atoms with Crippen molar-refractivity contribution in [1.82, 2.24) is 15.3 Å². The molecule has 1 N–H and O–H groups in total. The van der Waals surface area contributed by atoms with E-state index in [1.165, 1.54) is 0 Å². The standard InChI is InChI=1S/C13H21N3/c1-3-5-6-7-12(15-9-4-2)13-8-10-14-11-16-13/h3,8,10-12,15H,1,4-7,9H2,2H3. The van der Waals surface area contributed by atoms with Crippen LogP contribution >= 0.6 is 0 Å². The highest BCUT2D eigenvalue weighted by molar-refractivity contribution is 5.04. The molecule has 0 amide bonds. The van der Waals surface area contributed by atoms with Crippen molar-refractivity contribution in [3.8, 4) is 0 Å². The molecule has 3 heteroatoms. The summed E-state index contributed by atoms with van der Waals surface area (Å²) in [4.78, 5) is 8.26. The van der Waals surface area contributed by atoms with Crippen molar-refractivity contribution in [2.75, 3.05) is 6.54 Å². The molecule has 1 atom stereocenters. The fourth-order valence-corrected chi connectivity index (χ4v) is 1.65. The van der Waals surface area contributed by atoms with Gasteiger partial charge in [-0.2, -0.15) is 0 Å². The first-order valence-electron chi connectivity index (χ1n) is 5.98. The van der Waals surface area contributed by atoms with Crippen molar-refractivity contribution in [3.05, 3.63) is 36.9 Å². The lowest BCUT2D eigenvalue weighted by Crippen LogP contribution is -2.23. The first-order chi connectivity index (χ1) is 7.88. The molecule has 88 valence electrons. The molecule has 0 aliphatic heterocycles. The largest absolute Gasteiger partial charge is 0.309 e. The molecule has 0 aromatic carbocycles. The van der Waals surface area contributed by atoms with Gasteiger partial charge in [0, 0.05) is 12.2 Å². The molecule has 0 saturated carbocycles. The molecule has 1 unspecified atom stereocenters. The zero-order valence-corrected chi connectivity index (χ0v) is 10.0. The summed E-state index contributed by atoms with van der Waals surface area (Å²) in [5.74, 6) is 0. The van der Waals surface area contributed by atoms with E-state index < -0.39 is 0 Å². The summed E-state index contributed by atoms with van der Waals surface area (Å²) in [6.45, 7) is 6.95. The van der Waals surface area contributed by atoms with Gasteiger partial charge in [0.1, 0.15) is 6.33 Å². The lowest BCUT2D eigenvalue weighted by Gasteiger charge is -2.17. The molecule has 1 aromatic heterocycles. The molecule has 0 aliphatic carbocycles. The van der Waals surface area contributed by atoms with E-state index in [9.17, 15) is 0 Å². The van der Waals surface area contributed by atoms with E-state index in [-0.39, 0.29) is 0 Å². The third-order valence-corrected chi connectivity index (χ3v) is 2.50. The number of hydrogen-bond donors (Lipinski definition) is 1. The summed E-state index contributed by atoms with van der Waals surface area (Å²) >= 11 is 0. The normalized spacial score (nSPS) is 12.3. The predicted octanol–water partition coefficient (Wildman–Crippen LogP) is 2.87. The highest BCUT2D eigenvalue weighted by atomic mass is 14.9. The zero-order valence-electron chi connectivity index (χ0n) is 10.0. The van der Waals surface area contributed by atoms with Crippen LogP contribution in [-0.2, 0) is 0 Å². The van der Waals surface area contributed by atoms with Crippen molar-refractivity contribution in [1.29, 1.82) is 0 Å². The van der Waals surface area contributed by atoms with Crippen LogP contribution in [-0.4, -0.2) is 16.5 Å². The van der Waals surface area contributed by atoms with Gasteiger partial charge in [-0.15, -0.1) is 6.58 Å². The van der Waals surface area contributed by atoms with Gasteiger partial charge in [-0.25, -0.2) is 9.97 Å². The number of hydrogen-bond acceptors (Lipinski definition) is 3. The van der Waals surface area contributed by atoms with Crippen molar-refractivity contribution < 1.29 is 0 Å². The molecule has 0 spiro atoms. The second-order valence-corrected chi connectivity index (χ2v) is 3.86. The molecular weight excluding hydrogens is 198 g/mol. The van der Waals surface area contributed by atoms with Crippen LogP contribution in [0.5, 0.6) is 0 Å². The number of nitrogens with one attached hydrogen (secondary N) is 1. The predicted molar refractivity (Wildman–Crippen MR) is 67.1 cm³/mol. The van der Waals surface area contributed by atoms with Crippen molar-refractivity contribution in [2.24, 2.45) is 0 Å². The van der Waals surface area contributed by atoms with Crippen LogP contribution in [0.25, 0.3) is 0 Å². The maximum atomic E-state index is 4.31. The van der Waals surface area contributed by atoms with E-state index in [0.29, 0.717) is 6.04 Å². The summed E-state index contributed by atoms with van der Waals surface area (Å²) in [7, 11) is 0. The van der Waals surface area contributed by atoms with Crippen molar-refractivity contribution in [3.63, 3.8) is 0 Å². The highest BCUT2D eigenvalue weighted by Gasteiger charge is 2.10. The van der Waals surface area contributed by atoms with Gasteiger partial charge in [0.2, 0.25) is 0 Å². The highest BCUT2D eigenvalue weighted by Crippen LogP contribution is 2.16. The Morgan fingerprint density at radius 2 is 2.44 bits per heavy atom. The second kappa shape index (κ2) is 7.99. The first-order valence-corrected chi connectivity index (χ1v) is 5.98. The molecule has 0 aliphatic rings. The zero-order chi connectivity index (χ0) is 11.6. The van der Waals surface area contributed by atoms with Gasteiger partial charge < -0.3 is 5.32 Å². The van der Waals surface area contributed by atoms with Crippen LogP contribution < -0.4 is 5.32 Å². The monoisotopic (exact) mass is 219 g/mol. The number of allylic oxidation sites excluding steroid dienone is 1. The summed E-state index contributed by atoms with van der Waals surface area (Å²) in [5.41, 5.74) is 1.09. The van der Waals surface area contributed by atoms with E-state index in [0.717, 1.165) is 37.9 Å². The maximum Gasteiger partial charge on any atom is 0.115 e. The van der Waals surface area contributed by atoms with Crippen molar-refractivity contribution in [2.45, 2.75) is 38.6 Å². The fourth-order valence-electron chi connectivity index (χ4n) is 1.65. The SMILES string of the molecule is C=CCCCC(NCCC)c1ccncn1. The van der Waals surface area contributed by atoms with E-state index in [2.05, 4.69) is 28.8 Å². The molecule has 0 saturated heterocycles. The molecule has 0 radical (unpaired) electrons. The number of aromatic nitrogens is 2. The van der Waals surface area contributed by atoms with E-state index in [1.807, 2.05) is 12.1 Å². The lowest BCUT2D eigenvalue weighted by molar-refractivity contribution is 0.475. The van der Waals surface area contributed by atoms with Crippen molar-refractivity contribution >= 4 is 0 Å². The quantitative estimate of drug-likeness (QED) is 0.539. The summed E-state index contributed by atoms with van der Waals surface area (Å²) in [6.07, 6.45) is 9.84. The van der Waals surface area contributed by atoms with Crippen LogP contribution in [0.4, 0.5) is 0 Å². The van der Waals surface area contributed by atoms with Gasteiger partial charge >= 0.3 is 0 Å². The van der Waals surface area contributed by atoms with Gasteiger partial charge in [-0.05, 0) is 38.3 Å². The molecule has 3 nitrogen and oxygen atoms in total. The Balaban J connectivity index is 2.52. The Hall–Kier alpha value is -1.22. The van der Waals surface area contributed by atoms with E-state index in [4.69, 9.17) is 0 Å². The molecule has 16 heavy (non-hydrogen) atoms. The molecule has 0 bridgehead atoms. The van der Waals surface area contributed by atoms with Crippen LogP contribution in [0.3, 0.4) is 0 Å². The Bertz CT molecular complexity index is 284. The summed E-state index contributed by atoms with van der Waals surface area (Å²) < 4.78 is 0. The molecule has 1 rings (SSSR count). The Kier molecular flexibility index (Phi) is 6.42. The topological polar surface area (TPSA) is 37.8 Å². The summed E-state index contributed by atoms with van der Waals surface area (Å²) in [6, 6.07) is 2.34. The Morgan fingerprint density at radius 1 is 1.56 bits per heavy atom. The number of nitrogens with zero attached hydrogens (tertiary/aromatic N) is 2. The van der Waals surface area contributed by atoms with Gasteiger partial charge in [-0.1, -0.05) is 13.0 Å². The lowest BCUT2D eigenvalue weighted by atomic mass is 10.1. The number of unbranched alkanes of at least 4 members (excludes halogenated alkanes) is 1. The van der Waals surface area contributed by atoms with Crippen LogP contribution in [0.2, 0.25) is 0 Å². The molecule has 1 aromatic rings. The minimum Gasteiger partial charge on any atom is -0.309 e. The van der Waals surface area contributed by atoms with Crippen LogP contribution in [0.1, 0.15) is 44.3 Å². The summed E-state index contributed by atoms with van der Waals surface area (Å²) in [5, 5.41) is 3.52. The molecule has 1 heterocycles. The average molecular weight is 219 g/mol. The molecule has 0 fully saturated rings.